The zero-order valence-corrected chi connectivity index (χ0v) is 33.9. The Bertz CT molecular complexity index is 1780. The number of benzene rings is 1. The van der Waals surface area contributed by atoms with Crippen molar-refractivity contribution in [3.05, 3.63) is 50.5 Å². The van der Waals surface area contributed by atoms with Crippen LogP contribution in [0.25, 0.3) is 0 Å². The van der Waals surface area contributed by atoms with Crippen molar-refractivity contribution in [2.24, 2.45) is 22.7 Å². The molecule has 0 aliphatic carbocycles. The molecule has 5 atom stereocenters. The number of carbonyl (C=O) groups is 5. The summed E-state index contributed by atoms with van der Waals surface area (Å²) in [6, 6.07) is 4.21. The molecule has 306 valence electrons. The van der Waals surface area contributed by atoms with E-state index in [0.29, 0.717) is 23.9 Å². The number of ether oxygens (including phenoxy) is 3. The van der Waals surface area contributed by atoms with Gasteiger partial charge in [-0.15, -0.1) is 16.8 Å². The minimum atomic E-state index is -1.00. The first-order valence-electron chi connectivity index (χ1n) is 18.8. The third-order valence-corrected chi connectivity index (χ3v) is 11.5. The van der Waals surface area contributed by atoms with Gasteiger partial charge in [0, 0.05) is 54.4 Å². The lowest BCUT2D eigenvalue weighted by Gasteiger charge is -2.46. The fourth-order valence-electron chi connectivity index (χ4n) is 7.45. The minimum Gasteiger partial charge on any atom is -0.444 e. The first-order valence-corrected chi connectivity index (χ1v) is 19.7. The number of piperidine rings is 1. The number of non-ortho nitro benzene ring substituents is 1. The predicted molar refractivity (Wildman–Crippen MR) is 205 cm³/mol. The number of hydrogen-bond acceptors (Lipinski definition) is 13. The number of carbonyl (C=O) groups excluding carboxylic acids is 5. The van der Waals surface area contributed by atoms with Gasteiger partial charge < -0.3 is 34.0 Å². The number of aliphatic hydroxyl groups excluding tert-OH is 1. The van der Waals surface area contributed by atoms with Crippen LogP contribution >= 0.6 is 11.8 Å². The molecule has 2 N–H and O–H groups in total. The molecule has 4 aliphatic rings. The van der Waals surface area contributed by atoms with Crippen LogP contribution in [-0.2, 0) is 23.8 Å². The van der Waals surface area contributed by atoms with Crippen LogP contribution in [0.1, 0.15) is 85.0 Å². The number of nitrogens with one attached hydrogen (secondary N) is 1. The molecule has 0 saturated carbocycles. The second-order valence-corrected chi connectivity index (χ2v) is 18.1. The molecule has 0 unspecified atom stereocenters. The second-order valence-electron chi connectivity index (χ2n) is 16.7. The molecular weight excluding hydrogens is 749 g/mol. The maximum absolute atomic E-state index is 13.6. The number of nitrogens with zero attached hydrogens (tertiary/aromatic N) is 5. The van der Waals surface area contributed by atoms with Crippen LogP contribution in [0.5, 0.6) is 0 Å². The number of aliphatic hydroxyl groups is 1. The maximum Gasteiger partial charge on any atom is 0.437 e. The summed E-state index contributed by atoms with van der Waals surface area (Å²) in [6.45, 7) is 17.3. The number of rotatable bonds is 8. The monoisotopic (exact) mass is 800 g/mol. The number of esters is 2. The average Bonchev–Trinajstić information content (AvgIpc) is 3.62. The van der Waals surface area contributed by atoms with E-state index in [-0.39, 0.29) is 34.1 Å². The molecule has 3 fully saturated rings. The molecule has 5 rings (SSSR count). The lowest BCUT2D eigenvalue weighted by molar-refractivity contribution is -0.384. The van der Waals surface area contributed by atoms with Gasteiger partial charge in [0.25, 0.3) is 5.69 Å². The van der Waals surface area contributed by atoms with Crippen LogP contribution in [0, 0.1) is 27.9 Å². The van der Waals surface area contributed by atoms with E-state index in [1.165, 1.54) is 28.8 Å². The molecular formula is C38H52N6O11S. The Morgan fingerprint density at radius 1 is 1.00 bits per heavy atom. The van der Waals surface area contributed by atoms with Crippen LogP contribution < -0.4 is 5.32 Å². The van der Waals surface area contributed by atoms with E-state index >= 15 is 0 Å². The minimum absolute atomic E-state index is 0.000625. The Hall–Kier alpha value is -4.55. The van der Waals surface area contributed by atoms with E-state index in [2.05, 4.69) is 15.2 Å². The lowest BCUT2D eigenvalue weighted by atomic mass is 9.79. The van der Waals surface area contributed by atoms with Gasteiger partial charge in [-0.2, -0.15) is 0 Å². The van der Waals surface area contributed by atoms with Crippen molar-refractivity contribution in [3.63, 3.8) is 0 Å². The van der Waals surface area contributed by atoms with Crippen molar-refractivity contribution >= 4 is 53.4 Å². The van der Waals surface area contributed by atoms with Crippen molar-refractivity contribution in [3.8, 4) is 0 Å². The number of nitro groups is 1. The molecule has 0 spiro atoms. The van der Waals surface area contributed by atoms with Gasteiger partial charge in [-0.05, 0) is 92.3 Å². The van der Waals surface area contributed by atoms with Crippen molar-refractivity contribution in [1.82, 2.24) is 20.0 Å². The topological polar surface area (TPSA) is 211 Å². The summed E-state index contributed by atoms with van der Waals surface area (Å²) in [4.78, 5) is 85.7. The van der Waals surface area contributed by atoms with E-state index in [1.807, 2.05) is 11.8 Å². The highest BCUT2D eigenvalue weighted by molar-refractivity contribution is 8.03. The molecule has 4 heterocycles. The van der Waals surface area contributed by atoms with Gasteiger partial charge in [0.15, 0.2) is 0 Å². The number of likely N-dealkylation sites (tertiary alicyclic amines) is 2. The van der Waals surface area contributed by atoms with Crippen LogP contribution in [-0.4, -0.2) is 122 Å². The smallest absolute Gasteiger partial charge is 0.437 e. The number of amides is 3. The Balaban J connectivity index is 1.22. The highest BCUT2D eigenvalue weighted by Crippen LogP contribution is 2.52. The summed E-state index contributed by atoms with van der Waals surface area (Å²) in [5.41, 5.74) is -1.79. The molecule has 56 heavy (non-hydrogen) atoms. The standard InChI is InChI=1S/C38H52N6O11S/c1-21-28-27(22(2)45)31(46)43(28)29(33(48)53-32(47)24-9-11-25(12-10-24)44(51)52)30(21)56-26-15-16-41(20-26)19-23-13-17-42(18-14-23)34(39-35(49)54-37(3,4)5)40-36(50)55-38(6,7)8/h9-12,21-23,26-28,45H,13-20H2,1-8H3,(H,39,40,49,50)/t21-,22-,26-,27-,28-/m1/s1. The van der Waals surface area contributed by atoms with Crippen LogP contribution in [0.2, 0.25) is 0 Å². The number of guanidine groups is 1. The van der Waals surface area contributed by atoms with E-state index in [9.17, 15) is 39.2 Å². The average molecular weight is 801 g/mol. The van der Waals surface area contributed by atoms with Crippen LogP contribution in [0.15, 0.2) is 39.9 Å². The van der Waals surface area contributed by atoms with E-state index in [4.69, 9.17) is 14.2 Å². The largest absolute Gasteiger partial charge is 0.444 e. The third-order valence-electron chi connectivity index (χ3n) is 9.96. The molecule has 0 aromatic heterocycles. The Kier molecular flexibility index (Phi) is 12.8. The Morgan fingerprint density at radius 3 is 2.20 bits per heavy atom. The first-order chi connectivity index (χ1) is 26.1. The maximum atomic E-state index is 13.6. The lowest BCUT2D eigenvalue weighted by Crippen LogP contribution is -2.63. The molecule has 0 radical (unpaired) electrons. The SMILES string of the molecule is C[C@@H](O)[C@H]1C(=O)N2C(C(=O)OC(=O)c3ccc([N+](=O)[O-])cc3)=C(S[C@@H]3CCN(CC4CCN(C(=NC(=O)OC(C)(C)C)NC(=O)OC(C)(C)C)CC4)C3)[C@H](C)[C@H]12. The first kappa shape index (κ1) is 42.6. The van der Waals surface area contributed by atoms with Gasteiger partial charge in [0.2, 0.25) is 11.9 Å². The number of fused-ring (bicyclic) bond motifs is 1. The molecule has 4 aliphatic heterocycles. The van der Waals surface area contributed by atoms with E-state index in [1.54, 1.807) is 48.5 Å². The molecule has 0 bridgehead atoms. The van der Waals surface area contributed by atoms with E-state index in [0.717, 1.165) is 51.0 Å². The summed E-state index contributed by atoms with van der Waals surface area (Å²) in [6.07, 6.45) is -0.112. The highest BCUT2D eigenvalue weighted by atomic mass is 32.2. The van der Waals surface area contributed by atoms with Crippen molar-refractivity contribution in [2.45, 2.75) is 103 Å². The van der Waals surface area contributed by atoms with Gasteiger partial charge in [-0.1, -0.05) is 6.92 Å². The third kappa shape index (κ3) is 10.2. The number of aliphatic imine (C=N–C) groups is 1. The fourth-order valence-corrected chi connectivity index (χ4v) is 8.97. The second kappa shape index (κ2) is 16.9. The summed E-state index contributed by atoms with van der Waals surface area (Å²) in [5.74, 6) is -2.99. The van der Waals surface area contributed by atoms with E-state index < -0.39 is 64.2 Å². The molecule has 1 aromatic rings. The normalized spacial score (nSPS) is 24.0. The zero-order chi connectivity index (χ0) is 41.3. The number of alkyl carbamates (subject to hydrolysis) is 1. The molecule has 3 saturated heterocycles. The van der Waals surface area contributed by atoms with Gasteiger partial charge in [0.05, 0.1) is 28.6 Å². The number of thioether (sulfide) groups is 1. The van der Waals surface area contributed by atoms with Crippen molar-refractivity contribution in [2.75, 3.05) is 32.7 Å². The van der Waals surface area contributed by atoms with Crippen molar-refractivity contribution in [1.29, 1.82) is 0 Å². The molecule has 17 nitrogen and oxygen atoms in total. The fraction of sp³-hybridized carbons (Fsp3) is 0.632. The quantitative estimate of drug-likeness (QED) is 0.0535. The van der Waals surface area contributed by atoms with Gasteiger partial charge in [0.1, 0.15) is 16.9 Å². The predicted octanol–water partition coefficient (Wildman–Crippen LogP) is 4.68. The van der Waals surface area contributed by atoms with Gasteiger partial charge >= 0.3 is 24.1 Å². The number of β-lactam (4-membered cyclic amide) rings is 1. The Morgan fingerprint density at radius 2 is 1.62 bits per heavy atom. The molecule has 3 amide bonds. The number of nitro benzene ring substituents is 1. The Labute approximate surface area is 330 Å². The summed E-state index contributed by atoms with van der Waals surface area (Å²) < 4.78 is 16.0. The molecule has 1 aromatic carbocycles. The summed E-state index contributed by atoms with van der Waals surface area (Å²) in [7, 11) is 0. The highest BCUT2D eigenvalue weighted by Gasteiger charge is 2.60. The number of hydrogen-bond donors (Lipinski definition) is 2. The van der Waals surface area contributed by atoms with Crippen LogP contribution in [0.3, 0.4) is 0 Å². The van der Waals surface area contributed by atoms with Gasteiger partial charge in [-0.3, -0.25) is 20.2 Å². The zero-order valence-electron chi connectivity index (χ0n) is 33.1. The summed E-state index contributed by atoms with van der Waals surface area (Å²) >= 11 is 1.50. The molecule has 18 heteroatoms. The van der Waals surface area contributed by atoms with Gasteiger partial charge in [-0.25, -0.2) is 19.2 Å². The van der Waals surface area contributed by atoms with Crippen molar-refractivity contribution < 1.29 is 48.2 Å². The van der Waals surface area contributed by atoms with Crippen LogP contribution in [0.4, 0.5) is 15.3 Å². The summed E-state index contributed by atoms with van der Waals surface area (Å²) in [5, 5.41) is 24.1.